The molecule has 0 fully saturated rings. The summed E-state index contributed by atoms with van der Waals surface area (Å²) in [6, 6.07) is 13.5. The van der Waals surface area contributed by atoms with Gasteiger partial charge in [-0.15, -0.1) is 0 Å². The summed E-state index contributed by atoms with van der Waals surface area (Å²) in [6.45, 7) is 3.20. The third-order valence-corrected chi connectivity index (χ3v) is 3.91. The lowest BCUT2D eigenvalue weighted by Gasteiger charge is -2.21. The summed E-state index contributed by atoms with van der Waals surface area (Å²) in [5, 5.41) is 3.34. The molecule has 0 radical (unpaired) electrons. The molecule has 0 aliphatic heterocycles. The third kappa shape index (κ3) is 5.43. The first-order chi connectivity index (χ1) is 11.9. The van der Waals surface area contributed by atoms with Crippen LogP contribution in [0.3, 0.4) is 0 Å². The van der Waals surface area contributed by atoms with Gasteiger partial charge in [0.2, 0.25) is 11.8 Å². The van der Waals surface area contributed by atoms with Gasteiger partial charge in [-0.3, -0.25) is 14.4 Å². The molecule has 25 heavy (non-hydrogen) atoms. The van der Waals surface area contributed by atoms with Gasteiger partial charge in [0.25, 0.3) is 0 Å². The molecule has 0 spiro atoms. The first-order valence-electron chi connectivity index (χ1n) is 7.81. The molecular weight excluding hydrogens is 340 g/mol. The number of ketones is 1. The average Bonchev–Trinajstić information content (AvgIpc) is 2.57. The largest absolute Gasteiger partial charge is 0.326 e. The number of nitrogens with one attached hydrogen (secondary N) is 1. The lowest BCUT2D eigenvalue weighted by Crippen LogP contribution is -2.31. The molecule has 2 aromatic carbocycles. The maximum atomic E-state index is 12.1. The molecule has 2 rings (SSSR count). The van der Waals surface area contributed by atoms with Crippen molar-refractivity contribution >= 4 is 40.6 Å². The second kappa shape index (κ2) is 8.44. The highest BCUT2D eigenvalue weighted by molar-refractivity contribution is 6.30. The third-order valence-electron chi connectivity index (χ3n) is 3.66. The molecule has 0 bridgehead atoms. The fourth-order valence-electron chi connectivity index (χ4n) is 2.31. The van der Waals surface area contributed by atoms with Gasteiger partial charge in [-0.2, -0.15) is 0 Å². The van der Waals surface area contributed by atoms with Gasteiger partial charge >= 0.3 is 0 Å². The van der Waals surface area contributed by atoms with Crippen molar-refractivity contribution in [3.05, 3.63) is 59.1 Å². The highest BCUT2D eigenvalue weighted by Gasteiger charge is 2.13. The number of nitrogens with zero attached hydrogens (tertiary/aromatic N) is 1. The zero-order valence-corrected chi connectivity index (χ0v) is 14.8. The molecule has 0 saturated heterocycles. The van der Waals surface area contributed by atoms with E-state index in [9.17, 15) is 14.4 Å². The summed E-state index contributed by atoms with van der Waals surface area (Å²) < 4.78 is 0. The Bertz CT molecular complexity index is 770. The highest BCUT2D eigenvalue weighted by atomic mass is 35.5. The van der Waals surface area contributed by atoms with Crippen LogP contribution in [-0.4, -0.2) is 24.1 Å². The van der Waals surface area contributed by atoms with Gasteiger partial charge in [-0.25, -0.2) is 0 Å². The maximum absolute atomic E-state index is 12.1. The Balaban J connectivity index is 1.95. The molecule has 0 unspecified atom stereocenters. The lowest BCUT2D eigenvalue weighted by atomic mass is 10.1. The number of hydrogen-bond donors (Lipinski definition) is 1. The minimum absolute atomic E-state index is 0.0297. The molecule has 0 heterocycles. The summed E-state index contributed by atoms with van der Waals surface area (Å²) >= 11 is 5.86. The molecule has 5 nitrogen and oxygen atoms in total. The van der Waals surface area contributed by atoms with E-state index >= 15 is 0 Å². The summed E-state index contributed by atoms with van der Waals surface area (Å²) in [5.74, 6) is -0.394. The average molecular weight is 359 g/mol. The van der Waals surface area contributed by atoms with Gasteiger partial charge in [0.15, 0.2) is 5.78 Å². The van der Waals surface area contributed by atoms with Crippen LogP contribution >= 0.6 is 11.6 Å². The zero-order chi connectivity index (χ0) is 18.4. The van der Waals surface area contributed by atoms with Gasteiger partial charge in [0.1, 0.15) is 0 Å². The predicted octanol–water partition coefficient (Wildman–Crippen LogP) is 3.92. The van der Waals surface area contributed by atoms with Gasteiger partial charge in [0, 0.05) is 41.9 Å². The second-order valence-electron chi connectivity index (χ2n) is 5.58. The number of benzene rings is 2. The summed E-state index contributed by atoms with van der Waals surface area (Å²) in [4.78, 5) is 36.7. The number of Topliss-reactive ketones (excluding diaryl/α,β-unsaturated/α-hetero) is 1. The Kier molecular flexibility index (Phi) is 6.31. The van der Waals surface area contributed by atoms with Crippen LogP contribution in [0.15, 0.2) is 48.5 Å². The zero-order valence-electron chi connectivity index (χ0n) is 14.1. The summed E-state index contributed by atoms with van der Waals surface area (Å²) in [5.41, 5.74) is 1.88. The molecule has 0 saturated carbocycles. The van der Waals surface area contributed by atoms with E-state index in [-0.39, 0.29) is 30.6 Å². The monoisotopic (exact) mass is 358 g/mol. The molecule has 0 aliphatic rings. The van der Waals surface area contributed by atoms with Crippen LogP contribution < -0.4 is 10.2 Å². The van der Waals surface area contributed by atoms with Gasteiger partial charge < -0.3 is 10.2 Å². The Morgan fingerprint density at radius 1 is 0.960 bits per heavy atom. The number of amides is 2. The van der Waals surface area contributed by atoms with Gasteiger partial charge in [-0.1, -0.05) is 11.6 Å². The molecule has 2 aromatic rings. The number of carbonyl (C=O) groups is 3. The Hall–Kier alpha value is -2.66. The van der Waals surface area contributed by atoms with Crippen molar-refractivity contribution in [2.75, 3.05) is 16.8 Å². The Labute approximate surface area is 151 Å². The van der Waals surface area contributed by atoms with E-state index in [1.54, 1.807) is 48.5 Å². The van der Waals surface area contributed by atoms with Crippen LogP contribution in [0.2, 0.25) is 5.02 Å². The quantitative estimate of drug-likeness (QED) is 0.796. The van der Waals surface area contributed by atoms with Crippen molar-refractivity contribution in [3.63, 3.8) is 0 Å². The SMILES string of the molecule is CC(=O)c1ccc(NC(=O)CCN(C(C)=O)c2ccc(Cl)cc2)cc1. The molecule has 0 aromatic heterocycles. The van der Waals surface area contributed by atoms with Gasteiger partial charge in [0.05, 0.1) is 0 Å². The standard InChI is InChI=1S/C19H19ClN2O3/c1-13(23)15-3-7-17(8-4-15)21-19(25)11-12-22(14(2)24)18-9-5-16(20)6-10-18/h3-10H,11-12H2,1-2H3,(H,21,25). The number of hydrogen-bond acceptors (Lipinski definition) is 3. The molecule has 1 N–H and O–H groups in total. The Morgan fingerprint density at radius 3 is 2.08 bits per heavy atom. The maximum Gasteiger partial charge on any atom is 0.226 e. The normalized spacial score (nSPS) is 10.2. The van der Waals surface area contributed by atoms with Crippen LogP contribution in [0.25, 0.3) is 0 Å². The molecular formula is C19H19ClN2O3. The smallest absolute Gasteiger partial charge is 0.226 e. The van der Waals surface area contributed by atoms with Crippen molar-refractivity contribution in [1.82, 2.24) is 0 Å². The van der Waals surface area contributed by atoms with Crippen molar-refractivity contribution in [2.24, 2.45) is 0 Å². The van der Waals surface area contributed by atoms with E-state index in [2.05, 4.69) is 5.32 Å². The first-order valence-corrected chi connectivity index (χ1v) is 8.19. The van der Waals surface area contributed by atoms with E-state index in [1.165, 1.54) is 18.7 Å². The highest BCUT2D eigenvalue weighted by Crippen LogP contribution is 2.19. The van der Waals surface area contributed by atoms with Crippen molar-refractivity contribution in [1.29, 1.82) is 0 Å². The fraction of sp³-hybridized carbons (Fsp3) is 0.211. The molecule has 130 valence electrons. The van der Waals surface area contributed by atoms with Gasteiger partial charge in [-0.05, 0) is 55.5 Å². The predicted molar refractivity (Wildman–Crippen MR) is 99.2 cm³/mol. The van der Waals surface area contributed by atoms with E-state index in [0.717, 1.165) is 0 Å². The number of anilines is 2. The van der Waals surface area contributed by atoms with Crippen molar-refractivity contribution < 1.29 is 14.4 Å². The van der Waals surface area contributed by atoms with Crippen LogP contribution in [0, 0.1) is 0 Å². The van der Waals surface area contributed by atoms with E-state index in [1.807, 2.05) is 0 Å². The van der Waals surface area contributed by atoms with Crippen LogP contribution in [0.1, 0.15) is 30.6 Å². The van der Waals surface area contributed by atoms with Crippen LogP contribution in [-0.2, 0) is 9.59 Å². The number of carbonyl (C=O) groups excluding carboxylic acids is 3. The van der Waals surface area contributed by atoms with E-state index in [4.69, 9.17) is 11.6 Å². The number of rotatable bonds is 6. The minimum atomic E-state index is -0.212. The topological polar surface area (TPSA) is 66.5 Å². The lowest BCUT2D eigenvalue weighted by molar-refractivity contribution is -0.117. The first kappa shape index (κ1) is 18.7. The van der Waals surface area contributed by atoms with Crippen LogP contribution in [0.5, 0.6) is 0 Å². The number of halogens is 1. The van der Waals surface area contributed by atoms with Crippen molar-refractivity contribution in [3.8, 4) is 0 Å². The van der Waals surface area contributed by atoms with Crippen molar-refractivity contribution in [2.45, 2.75) is 20.3 Å². The fourth-order valence-corrected chi connectivity index (χ4v) is 2.44. The molecule has 0 aliphatic carbocycles. The second-order valence-corrected chi connectivity index (χ2v) is 6.02. The van der Waals surface area contributed by atoms with Crippen LogP contribution in [0.4, 0.5) is 11.4 Å². The molecule has 6 heteroatoms. The Morgan fingerprint density at radius 2 is 1.56 bits per heavy atom. The summed E-state index contributed by atoms with van der Waals surface area (Å²) in [6.07, 6.45) is 0.149. The molecule has 0 atom stereocenters. The van der Waals surface area contributed by atoms with E-state index < -0.39 is 0 Å². The minimum Gasteiger partial charge on any atom is -0.326 e. The van der Waals surface area contributed by atoms with E-state index in [0.29, 0.717) is 22.0 Å². The summed E-state index contributed by atoms with van der Waals surface area (Å²) in [7, 11) is 0. The molecule has 2 amide bonds.